The van der Waals surface area contributed by atoms with E-state index in [1.807, 2.05) is 32.9 Å². The van der Waals surface area contributed by atoms with Crippen molar-refractivity contribution in [2.45, 2.75) is 156 Å². The molecule has 58 heavy (non-hydrogen) atoms. The predicted molar refractivity (Wildman–Crippen MR) is 220 cm³/mol. The van der Waals surface area contributed by atoms with Crippen molar-refractivity contribution in [1.29, 1.82) is 0 Å². The highest BCUT2D eigenvalue weighted by atomic mass is 16.8. The van der Waals surface area contributed by atoms with E-state index in [1.54, 1.807) is 65.8 Å². The molecule has 0 aliphatic rings. The highest BCUT2D eigenvalue weighted by molar-refractivity contribution is 5.77. The monoisotopic (exact) mass is 820 g/mol. The molecule has 2 aromatic carbocycles. The summed E-state index contributed by atoms with van der Waals surface area (Å²) in [5.41, 5.74) is 7.16. The van der Waals surface area contributed by atoms with Gasteiger partial charge in [-0.3, -0.25) is 9.59 Å². The molecular weight excluding hydrogens is 752 g/mol. The van der Waals surface area contributed by atoms with E-state index < -0.39 is 47.1 Å². The predicted octanol–water partition coefficient (Wildman–Crippen LogP) is 8.60. The smallest absolute Gasteiger partial charge is 0.508 e. The summed E-state index contributed by atoms with van der Waals surface area (Å²) >= 11 is 0. The summed E-state index contributed by atoms with van der Waals surface area (Å²) in [6.45, 7) is 16.7. The van der Waals surface area contributed by atoms with Gasteiger partial charge in [0.05, 0.1) is 0 Å². The molecule has 0 fully saturated rings. The molecule has 7 N–H and O–H groups in total. The largest absolute Gasteiger partial charge is 0.519 e. The SMILES string of the molecule is CC(C)(C)OC(=O)NCCCCCc1cc(CCC(=O)O)ccc1O.CC(C)(C)OC(=O)OC(=O)OC(C)(C)C.NCCCCCc1cc(CCC(=O)O)ccc1O. The number of alkyl carbamates (subject to hydrolysis) is 1. The number of aliphatic carboxylic acids is 2. The minimum Gasteiger partial charge on any atom is -0.508 e. The van der Waals surface area contributed by atoms with Gasteiger partial charge in [-0.1, -0.05) is 37.1 Å². The van der Waals surface area contributed by atoms with Gasteiger partial charge in [0, 0.05) is 19.4 Å². The van der Waals surface area contributed by atoms with Gasteiger partial charge in [-0.25, -0.2) is 14.4 Å². The van der Waals surface area contributed by atoms with Crippen LogP contribution in [0, 0.1) is 0 Å². The average molecular weight is 821 g/mol. The molecule has 328 valence electrons. The number of nitrogens with one attached hydrogen (secondary N) is 1. The second-order valence-corrected chi connectivity index (χ2v) is 16.6. The molecule has 0 saturated carbocycles. The van der Waals surface area contributed by atoms with Crippen LogP contribution in [0.25, 0.3) is 0 Å². The molecule has 0 heterocycles. The van der Waals surface area contributed by atoms with Crippen molar-refractivity contribution in [3.63, 3.8) is 0 Å². The number of amides is 1. The molecule has 0 atom stereocenters. The van der Waals surface area contributed by atoms with Gasteiger partial charge in [-0.15, -0.1) is 0 Å². The highest BCUT2D eigenvalue weighted by Crippen LogP contribution is 2.23. The van der Waals surface area contributed by atoms with Crippen LogP contribution in [0.1, 0.15) is 136 Å². The number of hydrogen-bond donors (Lipinski definition) is 6. The minimum atomic E-state index is -1.06. The first kappa shape index (κ1) is 53.0. The van der Waals surface area contributed by atoms with Crippen molar-refractivity contribution in [1.82, 2.24) is 5.32 Å². The number of benzene rings is 2. The van der Waals surface area contributed by atoms with Crippen molar-refractivity contribution < 1.29 is 63.3 Å². The van der Waals surface area contributed by atoms with Crippen molar-refractivity contribution in [2.75, 3.05) is 13.1 Å². The number of ether oxygens (including phenoxy) is 4. The number of carboxylic acid groups (broad SMARTS) is 2. The summed E-state index contributed by atoms with van der Waals surface area (Å²) < 4.78 is 19.0. The first-order valence-electron chi connectivity index (χ1n) is 19.7. The zero-order chi connectivity index (χ0) is 44.5. The zero-order valence-corrected chi connectivity index (χ0v) is 35.9. The Morgan fingerprint density at radius 3 is 1.33 bits per heavy atom. The van der Waals surface area contributed by atoms with E-state index in [1.165, 1.54) is 0 Å². The summed E-state index contributed by atoms with van der Waals surface area (Å²) in [6, 6.07) is 10.6. The summed E-state index contributed by atoms with van der Waals surface area (Å²) in [7, 11) is 0. The number of carbonyl (C=O) groups is 5. The summed E-state index contributed by atoms with van der Waals surface area (Å²) in [5, 5.41) is 39.7. The number of aryl methyl sites for hydroxylation is 4. The number of phenolic OH excluding ortho intramolecular Hbond substituents is 2. The maximum Gasteiger partial charge on any atom is 0.519 e. The molecular formula is C43H68N2O13. The van der Waals surface area contributed by atoms with E-state index in [0.29, 0.717) is 31.7 Å². The Kier molecular flexibility index (Phi) is 24.5. The first-order valence-corrected chi connectivity index (χ1v) is 19.7. The normalized spacial score (nSPS) is 11.1. The van der Waals surface area contributed by atoms with Crippen LogP contribution in [0.2, 0.25) is 0 Å². The molecule has 0 aliphatic heterocycles. The number of hydrogen-bond acceptors (Lipinski definition) is 12. The second kappa shape index (κ2) is 26.8. The number of nitrogens with two attached hydrogens (primary N) is 1. The van der Waals surface area contributed by atoms with Gasteiger partial charge in [0.15, 0.2) is 0 Å². The Bertz CT molecular complexity index is 1550. The topological polar surface area (TPSA) is 241 Å². The Morgan fingerprint density at radius 2 is 0.966 bits per heavy atom. The third-order valence-corrected chi connectivity index (χ3v) is 7.43. The molecule has 2 aromatic rings. The Hall–Kier alpha value is -5.05. The van der Waals surface area contributed by atoms with E-state index in [-0.39, 0.29) is 18.6 Å². The quantitative estimate of drug-likeness (QED) is 0.0379. The zero-order valence-electron chi connectivity index (χ0n) is 35.9. The number of unbranched alkanes of at least 4 members (excludes halogenated alkanes) is 4. The fraction of sp³-hybridized carbons (Fsp3) is 0.605. The molecule has 15 nitrogen and oxygen atoms in total. The van der Waals surface area contributed by atoms with Crippen LogP contribution in [-0.4, -0.2) is 80.7 Å². The van der Waals surface area contributed by atoms with E-state index in [0.717, 1.165) is 73.6 Å². The number of carbonyl (C=O) groups excluding carboxylic acids is 3. The molecule has 0 unspecified atom stereocenters. The third kappa shape index (κ3) is 30.1. The van der Waals surface area contributed by atoms with Crippen molar-refractivity contribution >= 4 is 30.3 Å². The van der Waals surface area contributed by atoms with Gasteiger partial charge in [-0.05, 0) is 155 Å². The number of phenols is 2. The fourth-order valence-corrected chi connectivity index (χ4v) is 4.86. The van der Waals surface area contributed by atoms with Gasteiger partial charge in [0.25, 0.3) is 0 Å². The van der Waals surface area contributed by atoms with E-state index in [2.05, 4.69) is 10.1 Å². The lowest BCUT2D eigenvalue weighted by Crippen LogP contribution is -2.32. The van der Waals surface area contributed by atoms with Crippen molar-refractivity contribution in [3.05, 3.63) is 58.7 Å². The van der Waals surface area contributed by atoms with Gasteiger partial charge >= 0.3 is 30.3 Å². The molecule has 0 aliphatic carbocycles. The van der Waals surface area contributed by atoms with Gasteiger partial charge in [0.2, 0.25) is 0 Å². The number of carboxylic acids is 2. The molecule has 0 aromatic heterocycles. The molecule has 0 saturated heterocycles. The molecule has 0 radical (unpaired) electrons. The van der Waals surface area contributed by atoms with Crippen LogP contribution in [0.3, 0.4) is 0 Å². The molecule has 0 bridgehead atoms. The third-order valence-electron chi connectivity index (χ3n) is 7.43. The summed E-state index contributed by atoms with van der Waals surface area (Å²) in [6.07, 6.45) is 5.85. The molecule has 0 spiro atoms. The maximum absolute atomic E-state index is 11.5. The van der Waals surface area contributed by atoms with Crippen molar-refractivity contribution in [3.8, 4) is 11.5 Å². The van der Waals surface area contributed by atoms with Gasteiger partial charge in [0.1, 0.15) is 28.3 Å². The fourth-order valence-electron chi connectivity index (χ4n) is 4.86. The van der Waals surface area contributed by atoms with E-state index >= 15 is 0 Å². The second-order valence-electron chi connectivity index (χ2n) is 16.6. The van der Waals surface area contributed by atoms with Gasteiger partial charge < -0.3 is 50.4 Å². The molecule has 15 heteroatoms. The maximum atomic E-state index is 11.5. The number of rotatable bonds is 17. The summed E-state index contributed by atoms with van der Waals surface area (Å²) in [4.78, 5) is 54.7. The van der Waals surface area contributed by atoms with Crippen molar-refractivity contribution in [2.24, 2.45) is 5.73 Å². The van der Waals surface area contributed by atoms with E-state index in [4.69, 9.17) is 30.2 Å². The Labute approximate surface area is 343 Å². The van der Waals surface area contributed by atoms with Gasteiger partial charge in [-0.2, -0.15) is 0 Å². The number of aromatic hydroxyl groups is 2. The van der Waals surface area contributed by atoms with Crippen LogP contribution in [0.4, 0.5) is 14.4 Å². The first-order chi connectivity index (χ1) is 26.8. The highest BCUT2D eigenvalue weighted by Gasteiger charge is 2.24. The minimum absolute atomic E-state index is 0.0839. The Morgan fingerprint density at radius 1 is 0.569 bits per heavy atom. The molecule has 2 rings (SSSR count). The van der Waals surface area contributed by atoms with Crippen LogP contribution < -0.4 is 11.1 Å². The summed E-state index contributed by atoms with van der Waals surface area (Å²) in [5.74, 6) is -1.09. The standard InChI is InChI=1S/C19H29NO5.C14H21NO3.C10H18O5/c1-19(2,3)25-18(24)20-12-6-4-5-7-15-13-14(8-10-16(15)21)9-11-17(22)23;15-9-3-1-2-4-12-10-11(5-7-13(12)16)6-8-14(17)18;1-9(2,3)14-7(11)13-8(12)15-10(4,5)6/h8,10,13,21H,4-7,9,11-12H2,1-3H3,(H,20,24)(H,22,23);5,7,10,16H,1-4,6,8-9,15H2,(H,17,18);1-6H3. The van der Waals surface area contributed by atoms with Crippen LogP contribution in [0.15, 0.2) is 36.4 Å². The van der Waals surface area contributed by atoms with Crippen LogP contribution in [0.5, 0.6) is 11.5 Å². The van der Waals surface area contributed by atoms with E-state index in [9.17, 15) is 34.2 Å². The lowest BCUT2D eigenvalue weighted by Gasteiger charge is -2.20. The molecule has 1 amide bonds. The van der Waals surface area contributed by atoms with Crippen LogP contribution >= 0.6 is 0 Å². The lowest BCUT2D eigenvalue weighted by molar-refractivity contribution is -0.138. The Balaban J connectivity index is 0.000000874. The average Bonchev–Trinajstić information content (AvgIpc) is 3.06. The lowest BCUT2D eigenvalue weighted by atomic mass is 10.0. The van der Waals surface area contributed by atoms with Crippen LogP contribution in [-0.2, 0) is 54.2 Å².